The largest absolute Gasteiger partial charge is 0.375 e. The Morgan fingerprint density at radius 1 is 0.409 bits per heavy atom. The van der Waals surface area contributed by atoms with E-state index in [0.717, 1.165) is 28.4 Å². The summed E-state index contributed by atoms with van der Waals surface area (Å²) in [4.78, 5) is 5.00. The number of benzene rings is 10. The fourth-order valence-electron chi connectivity index (χ4n) is 11.0. The zero-order valence-electron chi connectivity index (χ0n) is 37.3. The van der Waals surface area contributed by atoms with Crippen molar-refractivity contribution in [2.24, 2.45) is 0 Å². The first-order valence-corrected chi connectivity index (χ1v) is 23.1. The van der Waals surface area contributed by atoms with Crippen LogP contribution in [0.3, 0.4) is 0 Å². The highest BCUT2D eigenvalue weighted by molar-refractivity contribution is 6.90. The fraction of sp³-hybridized carbons (Fsp3) is 0.0645. The molecule has 0 N–H and O–H groups in total. The number of nitrogens with zero attached hydrogens (tertiary/aromatic N) is 3. The highest BCUT2D eigenvalue weighted by Crippen LogP contribution is 2.50. The number of anilines is 6. The first-order chi connectivity index (χ1) is 32.4. The zero-order chi connectivity index (χ0) is 44.1. The van der Waals surface area contributed by atoms with Gasteiger partial charge < -0.3 is 14.3 Å². The van der Waals surface area contributed by atoms with Crippen LogP contribution in [0.25, 0.3) is 66.0 Å². The summed E-state index contributed by atoms with van der Waals surface area (Å²) in [6, 6.07) is 83.5. The normalized spacial score (nSPS) is 12.7. The van der Waals surface area contributed by atoms with E-state index in [1.165, 1.54) is 88.1 Å². The molecule has 10 aromatic carbocycles. The quantitative estimate of drug-likeness (QED) is 0.155. The van der Waals surface area contributed by atoms with Gasteiger partial charge in [0.25, 0.3) is 0 Å². The molecule has 0 spiro atoms. The van der Waals surface area contributed by atoms with E-state index in [2.05, 4.69) is 260 Å². The van der Waals surface area contributed by atoms with E-state index >= 15 is 0 Å². The predicted molar refractivity (Wildman–Crippen MR) is 282 cm³/mol. The summed E-state index contributed by atoms with van der Waals surface area (Å²) in [6.45, 7) is 6.84. The molecule has 11 aromatic rings. The SMILES string of the molecule is CC(C)(C)c1ccc(N2c3cc(N(c4ccccc4)c4ccccc4)ccc3B3c4c(cc(-c5ccccc5)cc42)-c2cccc4c5cc6ccccc6cc5n3c24)c(-c2ccccc2)c1. The van der Waals surface area contributed by atoms with E-state index in [0.29, 0.717) is 0 Å². The van der Waals surface area contributed by atoms with Crippen LogP contribution in [0.2, 0.25) is 0 Å². The molecule has 3 nitrogen and oxygen atoms in total. The third kappa shape index (κ3) is 5.91. The summed E-state index contributed by atoms with van der Waals surface area (Å²) in [5.41, 5.74) is 20.5. The Hall–Kier alpha value is -8.08. The molecule has 0 bridgehead atoms. The minimum absolute atomic E-state index is 0.0485. The van der Waals surface area contributed by atoms with Crippen LogP contribution in [0.15, 0.2) is 224 Å². The lowest BCUT2D eigenvalue weighted by molar-refractivity contribution is 0.590. The van der Waals surface area contributed by atoms with Gasteiger partial charge in [-0.2, -0.15) is 0 Å². The Morgan fingerprint density at radius 2 is 1.05 bits per heavy atom. The second-order valence-electron chi connectivity index (χ2n) is 18.9. The summed E-state index contributed by atoms with van der Waals surface area (Å²) >= 11 is 0. The van der Waals surface area contributed by atoms with Gasteiger partial charge in [0.2, 0.25) is 0 Å². The van der Waals surface area contributed by atoms with E-state index < -0.39 is 0 Å². The van der Waals surface area contributed by atoms with Crippen molar-refractivity contribution in [2.45, 2.75) is 26.2 Å². The number of rotatable bonds is 6. The maximum Gasteiger partial charge on any atom is 0.333 e. The Labute approximate surface area is 386 Å². The lowest BCUT2D eigenvalue weighted by Crippen LogP contribution is -2.56. The second kappa shape index (κ2) is 14.7. The molecule has 1 aromatic heterocycles. The lowest BCUT2D eigenvalue weighted by Gasteiger charge is -2.42. The maximum atomic E-state index is 2.68. The highest BCUT2D eigenvalue weighted by Gasteiger charge is 2.44. The van der Waals surface area contributed by atoms with Gasteiger partial charge in [0, 0.05) is 61.4 Å². The molecule has 312 valence electrons. The smallest absolute Gasteiger partial charge is 0.333 e. The minimum atomic E-state index is -0.105. The molecular formula is C62H46BN3. The van der Waals surface area contributed by atoms with Crippen LogP contribution in [0, 0.1) is 0 Å². The van der Waals surface area contributed by atoms with Crippen LogP contribution in [-0.4, -0.2) is 11.3 Å². The molecule has 0 unspecified atom stereocenters. The molecule has 2 aliphatic heterocycles. The molecule has 0 atom stereocenters. The van der Waals surface area contributed by atoms with Crippen molar-refractivity contribution < 1.29 is 0 Å². The van der Waals surface area contributed by atoms with Gasteiger partial charge in [0.1, 0.15) is 0 Å². The van der Waals surface area contributed by atoms with E-state index in [1.54, 1.807) is 0 Å². The van der Waals surface area contributed by atoms with Crippen LogP contribution in [-0.2, 0) is 5.41 Å². The molecule has 0 aliphatic carbocycles. The van der Waals surface area contributed by atoms with Crippen molar-refractivity contribution in [3.8, 4) is 33.4 Å². The van der Waals surface area contributed by atoms with Crippen molar-refractivity contribution in [3.05, 3.63) is 230 Å². The Kier molecular flexibility index (Phi) is 8.57. The summed E-state index contributed by atoms with van der Waals surface area (Å²) in [6.07, 6.45) is 0. The van der Waals surface area contributed by atoms with E-state index in [9.17, 15) is 0 Å². The van der Waals surface area contributed by atoms with E-state index in [1.807, 2.05) is 0 Å². The van der Waals surface area contributed by atoms with Gasteiger partial charge in [-0.25, -0.2) is 0 Å². The van der Waals surface area contributed by atoms with Crippen molar-refractivity contribution in [3.63, 3.8) is 0 Å². The Balaban J connectivity index is 1.19. The predicted octanol–water partition coefficient (Wildman–Crippen LogP) is 15.5. The molecular weight excluding hydrogens is 798 g/mol. The van der Waals surface area contributed by atoms with Gasteiger partial charge in [-0.1, -0.05) is 172 Å². The molecule has 0 fully saturated rings. The van der Waals surface area contributed by atoms with Crippen molar-refractivity contribution in [1.29, 1.82) is 0 Å². The van der Waals surface area contributed by atoms with Crippen molar-refractivity contribution in [2.75, 3.05) is 9.80 Å². The number of aromatic nitrogens is 1. The van der Waals surface area contributed by atoms with Crippen LogP contribution < -0.4 is 20.7 Å². The second-order valence-corrected chi connectivity index (χ2v) is 18.9. The average Bonchev–Trinajstić information content (AvgIpc) is 3.68. The molecule has 66 heavy (non-hydrogen) atoms. The first kappa shape index (κ1) is 38.4. The monoisotopic (exact) mass is 843 g/mol. The van der Waals surface area contributed by atoms with Crippen LogP contribution in [0.4, 0.5) is 34.1 Å². The summed E-state index contributed by atoms with van der Waals surface area (Å²) in [5, 5.41) is 5.07. The molecule has 4 heteroatoms. The van der Waals surface area contributed by atoms with Crippen molar-refractivity contribution in [1.82, 2.24) is 4.48 Å². The Bertz CT molecular complexity index is 3640. The molecule has 3 heterocycles. The molecule has 2 aliphatic rings. The van der Waals surface area contributed by atoms with Gasteiger partial charge in [0.15, 0.2) is 0 Å². The number of para-hydroxylation sites is 3. The van der Waals surface area contributed by atoms with Crippen LogP contribution in [0.5, 0.6) is 0 Å². The Morgan fingerprint density at radius 3 is 1.73 bits per heavy atom. The van der Waals surface area contributed by atoms with Crippen LogP contribution >= 0.6 is 0 Å². The third-order valence-corrected chi connectivity index (χ3v) is 14.0. The van der Waals surface area contributed by atoms with E-state index in [4.69, 9.17) is 0 Å². The van der Waals surface area contributed by atoms with Gasteiger partial charge >= 0.3 is 6.85 Å². The molecule has 0 saturated heterocycles. The van der Waals surface area contributed by atoms with Gasteiger partial charge in [-0.05, 0) is 128 Å². The first-order valence-electron chi connectivity index (χ1n) is 23.1. The van der Waals surface area contributed by atoms with Gasteiger partial charge in [-0.15, -0.1) is 0 Å². The van der Waals surface area contributed by atoms with Crippen LogP contribution in [0.1, 0.15) is 26.3 Å². The highest BCUT2D eigenvalue weighted by atomic mass is 15.2. The number of hydrogen-bond donors (Lipinski definition) is 0. The third-order valence-electron chi connectivity index (χ3n) is 14.0. The minimum Gasteiger partial charge on any atom is -0.375 e. The summed E-state index contributed by atoms with van der Waals surface area (Å²) in [7, 11) is 0. The summed E-state index contributed by atoms with van der Waals surface area (Å²) < 4.78 is 2.68. The topological polar surface area (TPSA) is 11.4 Å². The lowest BCUT2D eigenvalue weighted by atomic mass is 9.45. The fourth-order valence-corrected chi connectivity index (χ4v) is 11.0. The molecule has 0 amide bonds. The number of hydrogen-bond acceptors (Lipinski definition) is 2. The van der Waals surface area contributed by atoms with Crippen molar-refractivity contribution >= 4 is 84.5 Å². The maximum absolute atomic E-state index is 2.68. The number of fused-ring (bicyclic) bond motifs is 8. The van der Waals surface area contributed by atoms with Gasteiger partial charge in [-0.3, -0.25) is 0 Å². The summed E-state index contributed by atoms with van der Waals surface area (Å²) in [5.74, 6) is 0. The molecule has 0 saturated carbocycles. The molecule has 13 rings (SSSR count). The zero-order valence-corrected chi connectivity index (χ0v) is 37.3. The standard InChI is InChI=1S/C62H46BN3/c1-62(2,3)46-31-34-56(52(39-46)42-21-10-5-11-22-42)65-58-40-49(64(47-25-12-6-13-26-47)48-27-14-7-15-28-48)32-33-55(58)63-60-54(36-45(38-59(60)65)41-19-8-4-9-20-41)51-30-18-29-50-53-35-43-23-16-17-24-44(43)37-57(53)66(63)61(50)51/h4-40H,1-3H3. The van der Waals surface area contributed by atoms with E-state index in [-0.39, 0.29) is 12.3 Å². The average molecular weight is 844 g/mol. The van der Waals surface area contributed by atoms with Gasteiger partial charge in [0.05, 0.1) is 5.69 Å². The molecule has 0 radical (unpaired) electrons.